The quantitative estimate of drug-likeness (QED) is 0.599. The zero-order chi connectivity index (χ0) is 12.8. The number of aliphatic hydroxyl groups is 3. The van der Waals surface area contributed by atoms with Gasteiger partial charge in [0.2, 0.25) is 5.91 Å². The molecule has 17 heavy (non-hydrogen) atoms. The van der Waals surface area contributed by atoms with Gasteiger partial charge in [0.15, 0.2) is 0 Å². The summed E-state index contributed by atoms with van der Waals surface area (Å²) in [4.78, 5) is 10.9. The molecule has 0 aromatic heterocycles. The lowest BCUT2D eigenvalue weighted by Crippen LogP contribution is -2.19. The van der Waals surface area contributed by atoms with Gasteiger partial charge < -0.3 is 20.6 Å². The summed E-state index contributed by atoms with van der Waals surface area (Å²) in [5.74, 6) is -0.201. The predicted octanol–water partition coefficient (Wildman–Crippen LogP) is 0.422. The van der Waals surface area contributed by atoms with Gasteiger partial charge in [0.1, 0.15) is 6.10 Å². The third kappa shape index (κ3) is 4.14. The molecule has 0 spiro atoms. The van der Waals surface area contributed by atoms with Crippen molar-refractivity contribution in [1.29, 1.82) is 0 Å². The molecule has 1 aromatic rings. The summed E-state index contributed by atoms with van der Waals surface area (Å²) in [7, 11) is 0. The van der Waals surface area contributed by atoms with E-state index in [0.29, 0.717) is 11.3 Å². The molecule has 1 rings (SSSR count). The number of benzene rings is 1. The largest absolute Gasteiger partial charge is 0.396 e. The third-order valence-electron chi connectivity index (χ3n) is 2.34. The van der Waals surface area contributed by atoms with Crippen molar-refractivity contribution >= 4 is 11.6 Å². The van der Waals surface area contributed by atoms with Gasteiger partial charge in [-0.2, -0.15) is 0 Å². The van der Waals surface area contributed by atoms with Crippen LogP contribution in [0.2, 0.25) is 0 Å². The predicted molar refractivity (Wildman–Crippen MR) is 63.4 cm³/mol. The van der Waals surface area contributed by atoms with E-state index in [1.807, 2.05) is 0 Å². The fraction of sp³-hybridized carbons (Fsp3) is 0.417. The van der Waals surface area contributed by atoms with E-state index >= 15 is 0 Å². The van der Waals surface area contributed by atoms with Crippen molar-refractivity contribution in [1.82, 2.24) is 0 Å². The summed E-state index contributed by atoms with van der Waals surface area (Å²) in [5.41, 5.74) is 1.06. The van der Waals surface area contributed by atoms with Crippen molar-refractivity contribution in [3.8, 4) is 0 Å². The number of amides is 1. The standard InChI is InChI=1S/C12H17NO4/c1-8(15)13-10-4-2-3-9(7-10)12(17)11(16)5-6-14/h2-4,7,11-12,14,16-17H,5-6H2,1H3,(H,13,15). The third-order valence-corrected chi connectivity index (χ3v) is 2.34. The molecule has 0 fully saturated rings. The number of rotatable bonds is 5. The van der Waals surface area contributed by atoms with Gasteiger partial charge in [0.25, 0.3) is 0 Å². The molecule has 0 saturated carbocycles. The van der Waals surface area contributed by atoms with Gasteiger partial charge in [-0.1, -0.05) is 12.1 Å². The van der Waals surface area contributed by atoms with Crippen LogP contribution in [-0.4, -0.2) is 33.9 Å². The minimum Gasteiger partial charge on any atom is -0.396 e. The van der Waals surface area contributed by atoms with Crippen LogP contribution >= 0.6 is 0 Å². The highest BCUT2D eigenvalue weighted by atomic mass is 16.3. The highest BCUT2D eigenvalue weighted by molar-refractivity contribution is 5.88. The second-order valence-corrected chi connectivity index (χ2v) is 3.83. The van der Waals surface area contributed by atoms with E-state index in [1.54, 1.807) is 24.3 Å². The SMILES string of the molecule is CC(=O)Nc1cccc(C(O)C(O)CCO)c1. The minimum atomic E-state index is -1.07. The van der Waals surface area contributed by atoms with Crippen LogP contribution in [0.15, 0.2) is 24.3 Å². The molecule has 0 saturated heterocycles. The summed E-state index contributed by atoms with van der Waals surface area (Å²) in [5, 5.41) is 30.6. The molecule has 0 aliphatic carbocycles. The Balaban J connectivity index is 2.79. The first-order valence-electron chi connectivity index (χ1n) is 5.39. The molecule has 5 heteroatoms. The number of hydrogen-bond acceptors (Lipinski definition) is 4. The van der Waals surface area contributed by atoms with E-state index in [4.69, 9.17) is 5.11 Å². The lowest BCUT2D eigenvalue weighted by Gasteiger charge is -2.17. The highest BCUT2D eigenvalue weighted by Gasteiger charge is 2.17. The van der Waals surface area contributed by atoms with Gasteiger partial charge in [-0.25, -0.2) is 0 Å². The Morgan fingerprint density at radius 2 is 2.12 bits per heavy atom. The zero-order valence-corrected chi connectivity index (χ0v) is 9.63. The summed E-state index contributed by atoms with van der Waals surface area (Å²) in [6.45, 7) is 1.20. The Bertz CT molecular complexity index is 381. The van der Waals surface area contributed by atoms with Crippen LogP contribution < -0.4 is 5.32 Å². The minimum absolute atomic E-state index is 0.103. The topological polar surface area (TPSA) is 89.8 Å². The average Bonchev–Trinajstić information content (AvgIpc) is 2.28. The van der Waals surface area contributed by atoms with Gasteiger partial charge in [-0.05, 0) is 24.1 Å². The van der Waals surface area contributed by atoms with Crippen LogP contribution in [0.5, 0.6) is 0 Å². The van der Waals surface area contributed by atoms with E-state index in [1.165, 1.54) is 6.92 Å². The summed E-state index contributed by atoms with van der Waals surface area (Å²) >= 11 is 0. The monoisotopic (exact) mass is 239 g/mol. The van der Waals surface area contributed by atoms with Crippen molar-refractivity contribution in [2.45, 2.75) is 25.6 Å². The van der Waals surface area contributed by atoms with E-state index in [9.17, 15) is 15.0 Å². The van der Waals surface area contributed by atoms with E-state index in [-0.39, 0.29) is 18.9 Å². The molecule has 1 amide bonds. The number of aliphatic hydroxyl groups excluding tert-OH is 3. The molecular weight excluding hydrogens is 222 g/mol. The molecule has 94 valence electrons. The maximum Gasteiger partial charge on any atom is 0.221 e. The molecule has 0 heterocycles. The first-order chi connectivity index (χ1) is 8.04. The maximum absolute atomic E-state index is 10.9. The lowest BCUT2D eigenvalue weighted by atomic mass is 10.0. The number of carbonyl (C=O) groups is 1. The molecule has 0 bridgehead atoms. The first kappa shape index (κ1) is 13.6. The summed E-state index contributed by atoms with van der Waals surface area (Å²) < 4.78 is 0. The van der Waals surface area contributed by atoms with Crippen LogP contribution in [0.25, 0.3) is 0 Å². The van der Waals surface area contributed by atoms with Crippen molar-refractivity contribution < 1.29 is 20.1 Å². The van der Waals surface area contributed by atoms with E-state index in [0.717, 1.165) is 0 Å². The van der Waals surface area contributed by atoms with Gasteiger partial charge in [0.05, 0.1) is 6.10 Å². The maximum atomic E-state index is 10.9. The van der Waals surface area contributed by atoms with Crippen LogP contribution in [0, 0.1) is 0 Å². The number of anilines is 1. The fourth-order valence-electron chi connectivity index (χ4n) is 1.52. The van der Waals surface area contributed by atoms with Crippen molar-refractivity contribution in [3.05, 3.63) is 29.8 Å². The van der Waals surface area contributed by atoms with Crippen LogP contribution in [0.3, 0.4) is 0 Å². The summed E-state index contributed by atoms with van der Waals surface area (Å²) in [6.07, 6.45) is -1.99. The highest BCUT2D eigenvalue weighted by Crippen LogP contribution is 2.21. The molecule has 1 aromatic carbocycles. The Morgan fingerprint density at radius 1 is 1.41 bits per heavy atom. The van der Waals surface area contributed by atoms with Crippen LogP contribution in [0.1, 0.15) is 25.0 Å². The molecule has 0 aliphatic rings. The zero-order valence-electron chi connectivity index (χ0n) is 9.63. The van der Waals surface area contributed by atoms with Crippen LogP contribution in [0.4, 0.5) is 5.69 Å². The molecule has 4 N–H and O–H groups in total. The van der Waals surface area contributed by atoms with E-state index in [2.05, 4.69) is 5.32 Å². The Morgan fingerprint density at radius 3 is 2.71 bits per heavy atom. The lowest BCUT2D eigenvalue weighted by molar-refractivity contribution is -0.114. The summed E-state index contributed by atoms with van der Waals surface area (Å²) in [6, 6.07) is 6.61. The van der Waals surface area contributed by atoms with Crippen molar-refractivity contribution in [2.24, 2.45) is 0 Å². The average molecular weight is 239 g/mol. The Hall–Kier alpha value is -1.43. The molecule has 0 aliphatic heterocycles. The molecule has 2 atom stereocenters. The molecule has 0 radical (unpaired) electrons. The smallest absolute Gasteiger partial charge is 0.221 e. The number of hydrogen-bond donors (Lipinski definition) is 4. The Labute approximate surface area is 99.7 Å². The van der Waals surface area contributed by atoms with Gasteiger partial charge in [-0.15, -0.1) is 0 Å². The first-order valence-corrected chi connectivity index (χ1v) is 5.39. The normalized spacial score (nSPS) is 14.1. The van der Waals surface area contributed by atoms with Crippen LogP contribution in [-0.2, 0) is 4.79 Å². The van der Waals surface area contributed by atoms with E-state index < -0.39 is 12.2 Å². The van der Waals surface area contributed by atoms with Crippen molar-refractivity contribution in [3.63, 3.8) is 0 Å². The fourth-order valence-corrected chi connectivity index (χ4v) is 1.52. The second-order valence-electron chi connectivity index (χ2n) is 3.83. The number of nitrogens with one attached hydrogen (secondary N) is 1. The van der Waals surface area contributed by atoms with Gasteiger partial charge in [-0.3, -0.25) is 4.79 Å². The molecule has 5 nitrogen and oxygen atoms in total. The van der Waals surface area contributed by atoms with Gasteiger partial charge in [0, 0.05) is 19.2 Å². The van der Waals surface area contributed by atoms with Crippen molar-refractivity contribution in [2.75, 3.05) is 11.9 Å². The second kappa shape index (κ2) is 6.34. The molecule has 2 unspecified atom stereocenters. The Kier molecular flexibility index (Phi) is 5.09. The van der Waals surface area contributed by atoms with Gasteiger partial charge >= 0.3 is 0 Å². The molecular formula is C12H17NO4. The number of carbonyl (C=O) groups excluding carboxylic acids is 1.